The number of nitrogens with zero attached hydrogens (tertiary/aromatic N) is 3. The first kappa shape index (κ1) is 23.9. The molecule has 0 N–H and O–H groups in total. The van der Waals surface area contributed by atoms with Gasteiger partial charge in [-0.05, 0) is 42.0 Å². The van der Waals surface area contributed by atoms with Crippen LogP contribution in [0.25, 0.3) is 0 Å². The lowest BCUT2D eigenvalue weighted by atomic mass is 9.75. The van der Waals surface area contributed by atoms with Crippen LogP contribution in [0.5, 0.6) is 0 Å². The average molecular weight is 482 g/mol. The van der Waals surface area contributed by atoms with E-state index in [-0.39, 0.29) is 37.1 Å². The van der Waals surface area contributed by atoms with E-state index in [1.807, 2.05) is 59.5 Å². The highest BCUT2D eigenvalue weighted by Gasteiger charge is 2.54. The molecule has 2 aliphatic heterocycles. The van der Waals surface area contributed by atoms with E-state index in [1.54, 1.807) is 6.20 Å². The highest BCUT2D eigenvalue weighted by atomic mass is 16.2. The van der Waals surface area contributed by atoms with Gasteiger partial charge in [0.1, 0.15) is 0 Å². The highest BCUT2D eigenvalue weighted by Crippen LogP contribution is 2.41. The molecule has 3 heterocycles. The van der Waals surface area contributed by atoms with Gasteiger partial charge in [0.2, 0.25) is 17.7 Å². The van der Waals surface area contributed by atoms with Crippen molar-refractivity contribution in [2.24, 2.45) is 0 Å². The van der Waals surface area contributed by atoms with Crippen LogP contribution in [0.1, 0.15) is 48.4 Å². The van der Waals surface area contributed by atoms with Crippen molar-refractivity contribution in [2.75, 3.05) is 19.6 Å². The molecule has 2 fully saturated rings. The van der Waals surface area contributed by atoms with Crippen molar-refractivity contribution in [1.82, 2.24) is 14.8 Å². The summed E-state index contributed by atoms with van der Waals surface area (Å²) in [6, 6.07) is 25.4. The second-order valence-electron chi connectivity index (χ2n) is 9.79. The van der Waals surface area contributed by atoms with Gasteiger partial charge in [0.25, 0.3) is 0 Å². The summed E-state index contributed by atoms with van der Waals surface area (Å²) >= 11 is 0. The third-order valence-corrected chi connectivity index (χ3v) is 7.62. The Balaban J connectivity index is 1.32. The van der Waals surface area contributed by atoms with Gasteiger partial charge in [-0.25, -0.2) is 0 Å². The van der Waals surface area contributed by atoms with E-state index >= 15 is 0 Å². The zero-order valence-corrected chi connectivity index (χ0v) is 20.4. The largest absolute Gasteiger partial charge is 0.343 e. The molecule has 36 heavy (non-hydrogen) atoms. The minimum absolute atomic E-state index is 0.0116. The van der Waals surface area contributed by atoms with Crippen LogP contribution in [0.15, 0.2) is 85.1 Å². The average Bonchev–Trinajstić information content (AvgIpc) is 3.18. The zero-order chi connectivity index (χ0) is 25.0. The van der Waals surface area contributed by atoms with Gasteiger partial charge in [0.05, 0.1) is 5.41 Å². The van der Waals surface area contributed by atoms with E-state index in [4.69, 9.17) is 0 Å². The summed E-state index contributed by atoms with van der Waals surface area (Å²) in [6.07, 6.45) is 4.03. The Kier molecular flexibility index (Phi) is 6.94. The summed E-state index contributed by atoms with van der Waals surface area (Å²) in [5.74, 6) is -0.120. The van der Waals surface area contributed by atoms with E-state index in [1.165, 1.54) is 10.5 Å². The molecule has 3 amide bonds. The lowest BCUT2D eigenvalue weighted by Crippen LogP contribution is -2.45. The number of carbonyl (C=O) groups excluding carboxylic acids is 3. The first-order valence-electron chi connectivity index (χ1n) is 12.7. The number of hydrogen-bond acceptors (Lipinski definition) is 4. The van der Waals surface area contributed by atoms with Gasteiger partial charge < -0.3 is 4.90 Å². The Labute approximate surface area is 212 Å². The second kappa shape index (κ2) is 10.4. The predicted molar refractivity (Wildman–Crippen MR) is 137 cm³/mol. The second-order valence-corrected chi connectivity index (χ2v) is 9.79. The predicted octanol–water partition coefficient (Wildman–Crippen LogP) is 4.12. The first-order valence-corrected chi connectivity index (χ1v) is 12.7. The maximum atomic E-state index is 13.8. The smallest absolute Gasteiger partial charge is 0.240 e. The molecule has 0 bridgehead atoms. The molecule has 2 saturated heterocycles. The lowest BCUT2D eigenvalue weighted by Gasteiger charge is -2.35. The molecule has 1 atom stereocenters. The molecule has 5 rings (SSSR count). The van der Waals surface area contributed by atoms with E-state index < -0.39 is 5.41 Å². The molecule has 0 unspecified atom stereocenters. The summed E-state index contributed by atoms with van der Waals surface area (Å²) < 4.78 is 0. The molecule has 184 valence electrons. The fourth-order valence-corrected chi connectivity index (χ4v) is 5.58. The normalized spacial score (nSPS) is 20.7. The molecule has 2 aliphatic rings. The van der Waals surface area contributed by atoms with Crippen LogP contribution in [0.2, 0.25) is 0 Å². The highest BCUT2D eigenvalue weighted by molar-refractivity contribution is 6.10. The molecule has 0 spiro atoms. The maximum absolute atomic E-state index is 13.8. The summed E-state index contributed by atoms with van der Waals surface area (Å²) in [4.78, 5) is 48.0. The van der Waals surface area contributed by atoms with Crippen molar-refractivity contribution in [3.05, 3.63) is 102 Å². The van der Waals surface area contributed by atoms with Crippen LogP contribution < -0.4 is 0 Å². The molecular weight excluding hydrogens is 450 g/mol. The third kappa shape index (κ3) is 4.81. The molecule has 6 heteroatoms. The molecule has 6 nitrogen and oxygen atoms in total. The van der Waals surface area contributed by atoms with Gasteiger partial charge >= 0.3 is 0 Å². The van der Waals surface area contributed by atoms with Crippen molar-refractivity contribution < 1.29 is 14.4 Å². The SMILES string of the molecule is O=C(C[C@@]1(c2ccccc2)CC(=O)N(CCc2ccccn2)C1=O)N1CCC(c2ccccc2)CC1. The van der Waals surface area contributed by atoms with Crippen LogP contribution in [0.4, 0.5) is 0 Å². The van der Waals surface area contributed by atoms with Gasteiger partial charge in [-0.1, -0.05) is 66.7 Å². The molecule has 1 aromatic heterocycles. The molecule has 0 aliphatic carbocycles. The van der Waals surface area contributed by atoms with Gasteiger partial charge in [-0.15, -0.1) is 0 Å². The van der Waals surface area contributed by atoms with Crippen LogP contribution in [0, 0.1) is 0 Å². The summed E-state index contributed by atoms with van der Waals surface area (Å²) in [5.41, 5.74) is 1.71. The van der Waals surface area contributed by atoms with Crippen LogP contribution in [0.3, 0.4) is 0 Å². The van der Waals surface area contributed by atoms with Crippen molar-refractivity contribution in [3.8, 4) is 0 Å². The van der Waals surface area contributed by atoms with Gasteiger partial charge in [0.15, 0.2) is 0 Å². The van der Waals surface area contributed by atoms with Crippen molar-refractivity contribution in [1.29, 1.82) is 0 Å². The standard InChI is InChI=1S/C30H31N3O3/c34-27(32-18-14-24(15-19-32)23-9-3-1-4-10-23)21-30(25-11-5-2-6-12-25)22-28(35)33(29(30)36)20-16-26-13-7-8-17-31-26/h1-13,17,24H,14-16,18-22H2/t30-/m0/s1. The summed E-state index contributed by atoms with van der Waals surface area (Å²) in [5, 5.41) is 0. The maximum Gasteiger partial charge on any atom is 0.240 e. The Bertz CT molecular complexity index is 1210. The Morgan fingerprint density at radius 1 is 0.889 bits per heavy atom. The summed E-state index contributed by atoms with van der Waals surface area (Å²) in [6.45, 7) is 1.59. The quantitative estimate of drug-likeness (QED) is 0.476. The molecule has 3 aromatic rings. The zero-order valence-electron chi connectivity index (χ0n) is 20.4. The van der Waals surface area contributed by atoms with E-state index in [0.717, 1.165) is 24.1 Å². The lowest BCUT2D eigenvalue weighted by molar-refractivity contribution is -0.143. The van der Waals surface area contributed by atoms with E-state index in [9.17, 15) is 14.4 Å². The number of piperidine rings is 1. The number of hydrogen-bond donors (Lipinski definition) is 0. The number of benzene rings is 2. The minimum atomic E-state index is -1.16. The fourth-order valence-electron chi connectivity index (χ4n) is 5.58. The number of carbonyl (C=O) groups is 3. The number of likely N-dealkylation sites (tertiary alicyclic amines) is 2. The van der Waals surface area contributed by atoms with E-state index in [2.05, 4.69) is 29.2 Å². The Morgan fingerprint density at radius 2 is 1.56 bits per heavy atom. The number of rotatable bonds is 7. The number of amides is 3. The van der Waals surface area contributed by atoms with Crippen molar-refractivity contribution in [2.45, 2.75) is 43.4 Å². The monoisotopic (exact) mass is 481 g/mol. The van der Waals surface area contributed by atoms with Gasteiger partial charge in [-0.2, -0.15) is 0 Å². The molecule has 0 radical (unpaired) electrons. The minimum Gasteiger partial charge on any atom is -0.343 e. The fraction of sp³-hybridized carbons (Fsp3) is 0.333. The van der Waals surface area contributed by atoms with Crippen molar-refractivity contribution in [3.63, 3.8) is 0 Å². The number of aromatic nitrogens is 1. The van der Waals surface area contributed by atoms with Gasteiger partial charge in [-0.3, -0.25) is 24.3 Å². The molecule has 0 saturated carbocycles. The van der Waals surface area contributed by atoms with Crippen LogP contribution in [-0.4, -0.2) is 52.1 Å². The van der Waals surface area contributed by atoms with Crippen LogP contribution >= 0.6 is 0 Å². The number of imide groups is 1. The molecular formula is C30H31N3O3. The first-order chi connectivity index (χ1) is 17.6. The summed E-state index contributed by atoms with van der Waals surface area (Å²) in [7, 11) is 0. The third-order valence-electron chi connectivity index (χ3n) is 7.62. The number of pyridine rings is 1. The van der Waals surface area contributed by atoms with E-state index in [0.29, 0.717) is 25.4 Å². The van der Waals surface area contributed by atoms with Gasteiger partial charge in [0, 0.05) is 50.8 Å². The Morgan fingerprint density at radius 3 is 2.22 bits per heavy atom. The topological polar surface area (TPSA) is 70.6 Å². The Hall–Kier alpha value is -3.80. The van der Waals surface area contributed by atoms with Crippen molar-refractivity contribution >= 4 is 17.7 Å². The van der Waals surface area contributed by atoms with Crippen LogP contribution in [-0.2, 0) is 26.2 Å². The molecule has 2 aromatic carbocycles.